The van der Waals surface area contributed by atoms with E-state index in [1.165, 1.54) is 0 Å². The molecule has 0 amide bonds. The zero-order valence-corrected chi connectivity index (χ0v) is 17.1. The van der Waals surface area contributed by atoms with Gasteiger partial charge in [-0.3, -0.25) is 0 Å². The van der Waals surface area contributed by atoms with Gasteiger partial charge in [-0.2, -0.15) is 0 Å². The molecule has 0 bridgehead atoms. The molecule has 0 aromatic heterocycles. The Bertz CT molecular complexity index is 782. The molecule has 0 spiro atoms. The average molecular weight is 380 g/mol. The third kappa shape index (κ3) is 7.00. The van der Waals surface area contributed by atoms with Gasteiger partial charge in [-0.1, -0.05) is 24.0 Å². The maximum atomic E-state index is 5.46. The predicted octanol–water partition coefficient (Wildman–Crippen LogP) is 4.34. The number of hydrogen-bond acceptors (Lipinski definition) is 4. The van der Waals surface area contributed by atoms with Crippen LogP contribution in [0.4, 0.5) is 0 Å². The lowest BCUT2D eigenvalue weighted by Crippen LogP contribution is -2.14. The smallest absolute Gasteiger partial charge is 0.222 e. The van der Waals surface area contributed by atoms with Gasteiger partial charge in [0.15, 0.2) is 0 Å². The van der Waals surface area contributed by atoms with Crippen LogP contribution in [0, 0.1) is 23.7 Å². The fourth-order valence-electron chi connectivity index (χ4n) is 2.55. The topological polar surface area (TPSA) is 36.9 Å². The van der Waals surface area contributed by atoms with E-state index in [9.17, 15) is 0 Å². The summed E-state index contributed by atoms with van der Waals surface area (Å²) in [7, 11) is 0. The molecule has 0 aliphatic rings. The van der Waals surface area contributed by atoms with Gasteiger partial charge in [0.1, 0.15) is 0 Å². The van der Waals surface area contributed by atoms with E-state index in [0.29, 0.717) is 26.4 Å². The van der Waals surface area contributed by atoms with E-state index in [1.807, 2.05) is 52.0 Å². The fraction of sp³-hybridized carbons (Fsp3) is 0.417. The Labute approximate surface area is 168 Å². The minimum Gasteiger partial charge on any atom is -0.342 e. The van der Waals surface area contributed by atoms with Crippen molar-refractivity contribution in [1.29, 1.82) is 0 Å². The van der Waals surface area contributed by atoms with Crippen molar-refractivity contribution < 1.29 is 18.9 Å². The second kappa shape index (κ2) is 12.2. The van der Waals surface area contributed by atoms with Gasteiger partial charge in [0, 0.05) is 37.6 Å². The van der Waals surface area contributed by atoms with Gasteiger partial charge in [0.25, 0.3) is 0 Å². The Morgan fingerprint density at radius 1 is 0.607 bits per heavy atom. The molecule has 0 atom stereocenters. The highest BCUT2D eigenvalue weighted by atomic mass is 16.7. The molecule has 0 aliphatic heterocycles. The molecule has 2 rings (SSSR count). The molecule has 0 N–H and O–H groups in total. The molecule has 4 heteroatoms. The van der Waals surface area contributed by atoms with E-state index in [4.69, 9.17) is 18.9 Å². The molecule has 4 nitrogen and oxygen atoms in total. The zero-order chi connectivity index (χ0) is 20.2. The molecule has 0 unspecified atom stereocenters. The molecule has 2 aromatic rings. The van der Waals surface area contributed by atoms with Gasteiger partial charge >= 0.3 is 0 Å². The first-order valence-corrected chi connectivity index (χ1v) is 9.73. The van der Waals surface area contributed by atoms with E-state index >= 15 is 0 Å². The van der Waals surface area contributed by atoms with Crippen molar-refractivity contribution in [3.8, 4) is 23.7 Å². The van der Waals surface area contributed by atoms with Gasteiger partial charge < -0.3 is 18.9 Å². The van der Waals surface area contributed by atoms with Crippen LogP contribution in [0.5, 0.6) is 0 Å². The standard InChI is InChI=1S/C24H28O4/c1-5-25-23(26-6-2)15-11-19-9-13-22-18-20(10-14-21(22)17-19)12-16-24(27-7-3)28-8-4/h9-10,13-14,17-18,23-24H,5-8H2,1-4H3. The summed E-state index contributed by atoms with van der Waals surface area (Å²) in [6.45, 7) is 9.96. The SMILES string of the molecule is CCOC(C#Cc1ccc2cc(C#CC(OCC)OCC)ccc2c1)OCC. The molecule has 0 saturated carbocycles. The maximum Gasteiger partial charge on any atom is 0.222 e. The molecule has 0 aliphatic carbocycles. The Hall–Kier alpha value is -2.34. The highest BCUT2D eigenvalue weighted by Gasteiger charge is 2.03. The third-order valence-corrected chi connectivity index (χ3v) is 3.78. The lowest BCUT2D eigenvalue weighted by atomic mass is 10.0. The molecular weight excluding hydrogens is 352 g/mol. The van der Waals surface area contributed by atoms with Crippen LogP contribution >= 0.6 is 0 Å². The summed E-state index contributed by atoms with van der Waals surface area (Å²) in [5.74, 6) is 12.3. The van der Waals surface area contributed by atoms with Gasteiger partial charge in [0.2, 0.25) is 12.6 Å². The van der Waals surface area contributed by atoms with Crippen LogP contribution in [0.2, 0.25) is 0 Å². The first kappa shape index (κ1) is 22.0. The van der Waals surface area contributed by atoms with Crippen LogP contribution in [-0.2, 0) is 18.9 Å². The van der Waals surface area contributed by atoms with Crippen molar-refractivity contribution in [3.05, 3.63) is 47.5 Å². The summed E-state index contributed by atoms with van der Waals surface area (Å²) >= 11 is 0. The van der Waals surface area contributed by atoms with Gasteiger partial charge in [-0.05, 0) is 74.6 Å². The van der Waals surface area contributed by atoms with Gasteiger partial charge in [0.05, 0.1) is 0 Å². The van der Waals surface area contributed by atoms with E-state index < -0.39 is 12.6 Å². The molecule has 0 saturated heterocycles. The van der Waals surface area contributed by atoms with Crippen LogP contribution in [0.3, 0.4) is 0 Å². The number of ether oxygens (including phenoxy) is 4. The quantitative estimate of drug-likeness (QED) is 0.504. The Morgan fingerprint density at radius 2 is 0.964 bits per heavy atom. The molecule has 148 valence electrons. The first-order valence-electron chi connectivity index (χ1n) is 9.73. The first-order chi connectivity index (χ1) is 13.7. The molecule has 28 heavy (non-hydrogen) atoms. The van der Waals surface area contributed by atoms with Crippen LogP contribution in [-0.4, -0.2) is 39.0 Å². The minimum atomic E-state index is -0.494. The summed E-state index contributed by atoms with van der Waals surface area (Å²) in [5, 5.41) is 2.21. The second-order valence-electron chi connectivity index (χ2n) is 5.80. The van der Waals surface area contributed by atoms with Crippen molar-refractivity contribution in [2.24, 2.45) is 0 Å². The van der Waals surface area contributed by atoms with Crippen molar-refractivity contribution in [2.75, 3.05) is 26.4 Å². The molecule has 2 aromatic carbocycles. The predicted molar refractivity (Wildman–Crippen MR) is 112 cm³/mol. The maximum absolute atomic E-state index is 5.46. The lowest BCUT2D eigenvalue weighted by Gasteiger charge is -2.09. The van der Waals surface area contributed by atoms with Gasteiger partial charge in [-0.15, -0.1) is 0 Å². The number of fused-ring (bicyclic) bond motifs is 1. The monoisotopic (exact) mass is 380 g/mol. The number of hydrogen-bond donors (Lipinski definition) is 0. The van der Waals surface area contributed by atoms with Crippen molar-refractivity contribution in [3.63, 3.8) is 0 Å². The molecule has 0 fully saturated rings. The summed E-state index contributed by atoms with van der Waals surface area (Å²) in [4.78, 5) is 0. The lowest BCUT2D eigenvalue weighted by molar-refractivity contribution is -0.0972. The van der Waals surface area contributed by atoms with E-state index in [1.54, 1.807) is 0 Å². The van der Waals surface area contributed by atoms with Crippen LogP contribution < -0.4 is 0 Å². The normalized spacial score (nSPS) is 10.6. The number of rotatable bonds is 8. The fourth-order valence-corrected chi connectivity index (χ4v) is 2.55. The molecular formula is C24H28O4. The van der Waals surface area contributed by atoms with Gasteiger partial charge in [-0.25, -0.2) is 0 Å². The molecule has 0 heterocycles. The average Bonchev–Trinajstić information content (AvgIpc) is 2.70. The zero-order valence-electron chi connectivity index (χ0n) is 17.1. The Kier molecular flexibility index (Phi) is 9.55. The summed E-state index contributed by atoms with van der Waals surface area (Å²) in [5.41, 5.74) is 1.84. The van der Waals surface area contributed by atoms with Crippen molar-refractivity contribution >= 4 is 10.8 Å². The minimum absolute atomic E-state index is 0.494. The Balaban J connectivity index is 2.18. The van der Waals surface area contributed by atoms with E-state index in [2.05, 4.69) is 35.8 Å². The highest BCUT2D eigenvalue weighted by Crippen LogP contribution is 2.17. The summed E-state index contributed by atoms with van der Waals surface area (Å²) < 4.78 is 21.8. The molecule has 0 radical (unpaired) electrons. The van der Waals surface area contributed by atoms with Crippen LogP contribution in [0.1, 0.15) is 38.8 Å². The highest BCUT2D eigenvalue weighted by molar-refractivity contribution is 5.85. The second-order valence-corrected chi connectivity index (χ2v) is 5.80. The summed E-state index contributed by atoms with van der Waals surface area (Å²) in [6, 6.07) is 12.2. The van der Waals surface area contributed by atoms with Crippen molar-refractivity contribution in [1.82, 2.24) is 0 Å². The van der Waals surface area contributed by atoms with Crippen molar-refractivity contribution in [2.45, 2.75) is 40.3 Å². The largest absolute Gasteiger partial charge is 0.342 e. The summed E-state index contributed by atoms with van der Waals surface area (Å²) in [6.07, 6.45) is -0.987. The van der Waals surface area contributed by atoms with E-state index in [0.717, 1.165) is 21.9 Å². The van der Waals surface area contributed by atoms with E-state index in [-0.39, 0.29) is 0 Å². The van der Waals surface area contributed by atoms with Crippen LogP contribution in [0.25, 0.3) is 10.8 Å². The number of benzene rings is 2. The third-order valence-electron chi connectivity index (χ3n) is 3.78. The Morgan fingerprint density at radius 3 is 1.29 bits per heavy atom. The van der Waals surface area contributed by atoms with Crippen LogP contribution in [0.15, 0.2) is 36.4 Å².